The van der Waals surface area contributed by atoms with Crippen LogP contribution in [-0.2, 0) is 6.42 Å². The Morgan fingerprint density at radius 3 is 2.70 bits per heavy atom. The number of hydrogen-bond acceptors (Lipinski definition) is 3. The molecule has 0 aliphatic carbocycles. The van der Waals surface area contributed by atoms with Crippen molar-refractivity contribution in [2.24, 2.45) is 0 Å². The first-order chi connectivity index (χ1) is 16.0. The van der Waals surface area contributed by atoms with E-state index >= 15 is 0 Å². The molecule has 1 N–H and O–H groups in total. The van der Waals surface area contributed by atoms with Gasteiger partial charge >= 0.3 is 6.03 Å². The SMILES string of the molecule is CCc1ccc(NC(=O)N2CCC[C@H]2c2nc3cc(-c4ccc(F)cc4F)ccc3o2)cc1. The summed E-state index contributed by atoms with van der Waals surface area (Å²) in [6.07, 6.45) is 2.53. The fraction of sp³-hybridized carbons (Fsp3) is 0.231. The minimum Gasteiger partial charge on any atom is -0.438 e. The van der Waals surface area contributed by atoms with E-state index in [9.17, 15) is 13.6 Å². The van der Waals surface area contributed by atoms with Gasteiger partial charge in [-0.3, -0.25) is 0 Å². The molecule has 1 aliphatic rings. The molecule has 0 radical (unpaired) electrons. The molecule has 0 unspecified atom stereocenters. The van der Waals surface area contributed by atoms with E-state index in [0.717, 1.165) is 31.0 Å². The number of urea groups is 1. The lowest BCUT2D eigenvalue weighted by Crippen LogP contribution is -2.34. The number of hydrogen-bond donors (Lipinski definition) is 1. The van der Waals surface area contributed by atoms with E-state index in [1.54, 1.807) is 23.1 Å². The number of fused-ring (bicyclic) bond motifs is 1. The first-order valence-electron chi connectivity index (χ1n) is 11.0. The number of carbonyl (C=O) groups is 1. The highest BCUT2D eigenvalue weighted by Crippen LogP contribution is 2.35. The van der Waals surface area contributed by atoms with Crippen LogP contribution in [0.25, 0.3) is 22.2 Å². The van der Waals surface area contributed by atoms with Crippen LogP contribution in [0.4, 0.5) is 19.3 Å². The van der Waals surface area contributed by atoms with Crippen LogP contribution >= 0.6 is 0 Å². The highest BCUT2D eigenvalue weighted by atomic mass is 19.1. The largest absolute Gasteiger partial charge is 0.438 e. The molecule has 1 aromatic heterocycles. The lowest BCUT2D eigenvalue weighted by Gasteiger charge is -2.22. The van der Waals surface area contributed by atoms with Crippen molar-refractivity contribution in [3.05, 3.63) is 83.8 Å². The number of carbonyl (C=O) groups excluding carboxylic acids is 1. The lowest BCUT2D eigenvalue weighted by molar-refractivity contribution is 0.199. The second-order valence-electron chi connectivity index (χ2n) is 8.19. The minimum absolute atomic E-state index is 0.196. The van der Waals surface area contributed by atoms with Gasteiger partial charge in [-0.05, 0) is 66.8 Å². The van der Waals surface area contributed by atoms with Gasteiger partial charge in [-0.15, -0.1) is 0 Å². The van der Waals surface area contributed by atoms with E-state index in [1.165, 1.54) is 17.7 Å². The third-order valence-electron chi connectivity index (χ3n) is 6.06. The van der Waals surface area contributed by atoms with Gasteiger partial charge in [0.05, 0.1) is 0 Å². The van der Waals surface area contributed by atoms with Gasteiger partial charge < -0.3 is 14.6 Å². The predicted octanol–water partition coefficient (Wildman–Crippen LogP) is 6.70. The maximum Gasteiger partial charge on any atom is 0.322 e. The highest BCUT2D eigenvalue weighted by molar-refractivity contribution is 5.90. The molecule has 0 bridgehead atoms. The topological polar surface area (TPSA) is 58.4 Å². The fourth-order valence-corrected chi connectivity index (χ4v) is 4.26. The van der Waals surface area contributed by atoms with Crippen molar-refractivity contribution >= 4 is 22.8 Å². The number of rotatable bonds is 4. The summed E-state index contributed by atoms with van der Waals surface area (Å²) >= 11 is 0. The summed E-state index contributed by atoms with van der Waals surface area (Å²) in [6.45, 7) is 2.69. The molecule has 1 fully saturated rings. The number of oxazole rings is 1. The van der Waals surface area contributed by atoms with Gasteiger partial charge in [0.25, 0.3) is 0 Å². The monoisotopic (exact) mass is 447 g/mol. The molecule has 1 saturated heterocycles. The minimum atomic E-state index is -0.635. The maximum absolute atomic E-state index is 14.2. The van der Waals surface area contributed by atoms with Crippen molar-refractivity contribution in [1.82, 2.24) is 9.88 Å². The Bertz CT molecular complexity index is 1320. The van der Waals surface area contributed by atoms with E-state index in [4.69, 9.17) is 4.42 Å². The Balaban J connectivity index is 1.38. The second-order valence-corrected chi connectivity index (χ2v) is 8.19. The van der Waals surface area contributed by atoms with Gasteiger partial charge in [0.1, 0.15) is 23.2 Å². The quantitative estimate of drug-likeness (QED) is 0.378. The molecule has 168 valence electrons. The van der Waals surface area contributed by atoms with Crippen LogP contribution in [0.1, 0.15) is 37.3 Å². The zero-order chi connectivity index (χ0) is 22.9. The smallest absolute Gasteiger partial charge is 0.322 e. The van der Waals surface area contributed by atoms with Crippen LogP contribution in [0.2, 0.25) is 0 Å². The van der Waals surface area contributed by atoms with Crippen molar-refractivity contribution in [1.29, 1.82) is 0 Å². The Morgan fingerprint density at radius 1 is 1.12 bits per heavy atom. The first kappa shape index (κ1) is 21.1. The van der Waals surface area contributed by atoms with Crippen molar-refractivity contribution in [2.75, 3.05) is 11.9 Å². The summed E-state index contributed by atoms with van der Waals surface area (Å²) < 4.78 is 33.4. The van der Waals surface area contributed by atoms with Crippen molar-refractivity contribution in [2.45, 2.75) is 32.2 Å². The number of amides is 2. The molecule has 2 amide bonds. The van der Waals surface area contributed by atoms with Gasteiger partial charge in [-0.2, -0.15) is 0 Å². The summed E-state index contributed by atoms with van der Waals surface area (Å²) in [7, 11) is 0. The van der Waals surface area contributed by atoms with Crippen LogP contribution in [-0.4, -0.2) is 22.5 Å². The van der Waals surface area contributed by atoms with E-state index in [0.29, 0.717) is 34.7 Å². The lowest BCUT2D eigenvalue weighted by atomic mass is 10.0. The number of aryl methyl sites for hydroxylation is 1. The van der Waals surface area contributed by atoms with Crippen molar-refractivity contribution < 1.29 is 18.0 Å². The standard InChI is InChI=1S/C26H23F2N3O2/c1-2-16-5-9-19(10-6-16)29-26(32)31-13-3-4-23(31)25-30-22-14-17(7-12-24(22)33-25)20-11-8-18(27)15-21(20)28/h5-12,14-15,23H,2-4,13H2,1H3,(H,29,32)/t23-/m0/s1. The van der Waals surface area contributed by atoms with Crippen LogP contribution in [0.5, 0.6) is 0 Å². The summed E-state index contributed by atoms with van der Waals surface area (Å²) in [4.78, 5) is 19.3. The number of nitrogens with zero attached hydrogens (tertiary/aromatic N) is 2. The summed E-state index contributed by atoms with van der Waals surface area (Å²) in [6, 6.07) is 16.0. The van der Waals surface area contributed by atoms with Crippen LogP contribution in [0, 0.1) is 11.6 Å². The molecule has 0 saturated carbocycles. The van der Waals surface area contributed by atoms with Gasteiger partial charge in [-0.25, -0.2) is 18.6 Å². The number of anilines is 1. The average molecular weight is 447 g/mol. The van der Waals surface area contributed by atoms with Gasteiger partial charge in [-0.1, -0.05) is 25.1 Å². The fourth-order valence-electron chi connectivity index (χ4n) is 4.26. The molecule has 7 heteroatoms. The summed E-state index contributed by atoms with van der Waals surface area (Å²) in [5.74, 6) is -0.804. The van der Waals surface area contributed by atoms with Gasteiger partial charge in [0, 0.05) is 23.9 Å². The van der Waals surface area contributed by atoms with Crippen molar-refractivity contribution in [3.8, 4) is 11.1 Å². The van der Waals surface area contributed by atoms with Crippen LogP contribution < -0.4 is 5.32 Å². The maximum atomic E-state index is 14.2. The molecule has 33 heavy (non-hydrogen) atoms. The van der Waals surface area contributed by atoms with E-state index in [-0.39, 0.29) is 12.1 Å². The summed E-state index contributed by atoms with van der Waals surface area (Å²) in [5.41, 5.74) is 3.94. The third kappa shape index (κ3) is 4.18. The Labute approximate surface area is 190 Å². The molecule has 5 rings (SSSR count). The summed E-state index contributed by atoms with van der Waals surface area (Å²) in [5, 5.41) is 2.96. The number of halogens is 2. The molecule has 1 aliphatic heterocycles. The van der Waals surface area contributed by atoms with E-state index in [2.05, 4.69) is 17.2 Å². The number of benzene rings is 3. The zero-order valence-electron chi connectivity index (χ0n) is 18.1. The normalized spacial score (nSPS) is 15.8. The number of aromatic nitrogens is 1. The second kappa shape index (κ2) is 8.65. The number of likely N-dealkylation sites (tertiary alicyclic amines) is 1. The van der Waals surface area contributed by atoms with E-state index in [1.807, 2.05) is 24.3 Å². The number of nitrogens with one attached hydrogen (secondary N) is 1. The molecule has 1 atom stereocenters. The third-order valence-corrected chi connectivity index (χ3v) is 6.06. The molecule has 5 nitrogen and oxygen atoms in total. The average Bonchev–Trinajstić information content (AvgIpc) is 3.46. The van der Waals surface area contributed by atoms with E-state index < -0.39 is 11.6 Å². The Morgan fingerprint density at radius 2 is 1.94 bits per heavy atom. The zero-order valence-corrected chi connectivity index (χ0v) is 18.1. The molecule has 3 aromatic carbocycles. The molecule has 2 heterocycles. The molecular formula is C26H23F2N3O2. The Hall–Kier alpha value is -3.74. The molecule has 4 aromatic rings. The van der Waals surface area contributed by atoms with Crippen LogP contribution in [0.15, 0.2) is 65.1 Å². The Kier molecular flexibility index (Phi) is 5.54. The van der Waals surface area contributed by atoms with Crippen molar-refractivity contribution in [3.63, 3.8) is 0 Å². The predicted molar refractivity (Wildman–Crippen MR) is 123 cm³/mol. The van der Waals surface area contributed by atoms with Gasteiger partial charge in [0.2, 0.25) is 5.89 Å². The van der Waals surface area contributed by atoms with Crippen LogP contribution in [0.3, 0.4) is 0 Å². The highest BCUT2D eigenvalue weighted by Gasteiger charge is 2.33. The first-order valence-corrected chi connectivity index (χ1v) is 11.0. The molecule has 0 spiro atoms. The van der Waals surface area contributed by atoms with Gasteiger partial charge in [0.15, 0.2) is 5.58 Å². The molecular weight excluding hydrogens is 424 g/mol.